The van der Waals surface area contributed by atoms with E-state index in [2.05, 4.69) is 21.8 Å². The number of aliphatic hydroxyl groups is 1. The van der Waals surface area contributed by atoms with Crippen molar-refractivity contribution in [3.63, 3.8) is 0 Å². The SMILES string of the molecule is CC(O)C#Cc1cnc2ccccc2n1. The van der Waals surface area contributed by atoms with Gasteiger partial charge < -0.3 is 5.11 Å². The molecule has 0 aliphatic heterocycles. The molecule has 0 radical (unpaired) electrons. The molecule has 0 saturated carbocycles. The number of aromatic nitrogens is 2. The summed E-state index contributed by atoms with van der Waals surface area (Å²) in [6, 6.07) is 7.60. The molecule has 1 heterocycles. The number of fused-ring (bicyclic) bond motifs is 1. The summed E-state index contributed by atoms with van der Waals surface area (Å²) in [4.78, 5) is 8.51. The number of benzene rings is 1. The van der Waals surface area contributed by atoms with Crippen LogP contribution in [0.2, 0.25) is 0 Å². The van der Waals surface area contributed by atoms with E-state index in [1.807, 2.05) is 24.3 Å². The first-order chi connectivity index (χ1) is 7.25. The lowest BCUT2D eigenvalue weighted by Gasteiger charge is -1.95. The Balaban J connectivity index is 2.44. The van der Waals surface area contributed by atoms with Gasteiger partial charge in [0, 0.05) is 0 Å². The number of rotatable bonds is 0. The van der Waals surface area contributed by atoms with Crippen LogP contribution in [0.3, 0.4) is 0 Å². The van der Waals surface area contributed by atoms with Crippen LogP contribution in [0, 0.1) is 11.8 Å². The molecule has 1 aromatic heterocycles. The van der Waals surface area contributed by atoms with Gasteiger partial charge in [-0.15, -0.1) is 0 Å². The average Bonchev–Trinajstić information content (AvgIpc) is 2.26. The highest BCUT2D eigenvalue weighted by Crippen LogP contribution is 2.07. The maximum atomic E-state index is 9.01. The van der Waals surface area contributed by atoms with Crippen molar-refractivity contribution in [3.8, 4) is 11.8 Å². The van der Waals surface area contributed by atoms with Crippen molar-refractivity contribution >= 4 is 11.0 Å². The average molecular weight is 198 g/mol. The van der Waals surface area contributed by atoms with Crippen LogP contribution < -0.4 is 0 Å². The molecule has 3 heteroatoms. The van der Waals surface area contributed by atoms with E-state index in [4.69, 9.17) is 5.11 Å². The minimum atomic E-state index is -0.640. The van der Waals surface area contributed by atoms with Gasteiger partial charge in [0.2, 0.25) is 0 Å². The first-order valence-electron chi connectivity index (χ1n) is 4.67. The minimum Gasteiger partial charge on any atom is -0.381 e. The molecule has 15 heavy (non-hydrogen) atoms. The maximum Gasteiger partial charge on any atom is 0.132 e. The van der Waals surface area contributed by atoms with E-state index >= 15 is 0 Å². The molecule has 0 amide bonds. The Labute approximate surface area is 87.8 Å². The van der Waals surface area contributed by atoms with Crippen LogP contribution >= 0.6 is 0 Å². The van der Waals surface area contributed by atoms with Gasteiger partial charge in [-0.25, -0.2) is 4.98 Å². The Bertz CT molecular complexity index is 538. The number of para-hydroxylation sites is 2. The van der Waals surface area contributed by atoms with Crippen molar-refractivity contribution in [1.29, 1.82) is 0 Å². The lowest BCUT2D eigenvalue weighted by atomic mass is 10.3. The molecule has 1 atom stereocenters. The summed E-state index contributed by atoms with van der Waals surface area (Å²) in [6.45, 7) is 1.61. The third kappa shape index (κ3) is 2.30. The van der Waals surface area contributed by atoms with Gasteiger partial charge in [-0.05, 0) is 25.0 Å². The van der Waals surface area contributed by atoms with Crippen molar-refractivity contribution in [2.45, 2.75) is 13.0 Å². The molecule has 1 aromatic carbocycles. The Morgan fingerprint density at radius 3 is 2.73 bits per heavy atom. The molecule has 0 saturated heterocycles. The molecular weight excluding hydrogens is 188 g/mol. The molecule has 0 aliphatic carbocycles. The quantitative estimate of drug-likeness (QED) is 0.650. The van der Waals surface area contributed by atoms with Gasteiger partial charge in [0.1, 0.15) is 11.8 Å². The molecule has 1 N–H and O–H groups in total. The first-order valence-corrected chi connectivity index (χ1v) is 4.67. The van der Waals surface area contributed by atoms with Crippen LogP contribution in [-0.4, -0.2) is 21.2 Å². The van der Waals surface area contributed by atoms with Gasteiger partial charge in [-0.2, -0.15) is 0 Å². The molecule has 0 bridgehead atoms. The Hall–Kier alpha value is -1.92. The summed E-state index contributed by atoms with van der Waals surface area (Å²) >= 11 is 0. The van der Waals surface area contributed by atoms with Crippen molar-refractivity contribution in [1.82, 2.24) is 9.97 Å². The number of nitrogens with zero attached hydrogens (tertiary/aromatic N) is 2. The van der Waals surface area contributed by atoms with Crippen LogP contribution in [0.1, 0.15) is 12.6 Å². The first kappa shape index (κ1) is 9.63. The van der Waals surface area contributed by atoms with Gasteiger partial charge in [-0.1, -0.05) is 18.1 Å². The molecule has 3 nitrogen and oxygen atoms in total. The summed E-state index contributed by atoms with van der Waals surface area (Å²) in [7, 11) is 0. The third-order valence-corrected chi connectivity index (χ3v) is 1.86. The van der Waals surface area contributed by atoms with Crippen LogP contribution in [-0.2, 0) is 0 Å². The Kier molecular flexibility index (Phi) is 2.61. The van der Waals surface area contributed by atoms with Crippen LogP contribution in [0.4, 0.5) is 0 Å². The number of hydrogen-bond donors (Lipinski definition) is 1. The highest BCUT2D eigenvalue weighted by Gasteiger charge is 1.95. The fraction of sp³-hybridized carbons (Fsp3) is 0.167. The number of aliphatic hydroxyl groups excluding tert-OH is 1. The normalized spacial score (nSPS) is 11.9. The van der Waals surface area contributed by atoms with Crippen molar-refractivity contribution in [2.75, 3.05) is 0 Å². The highest BCUT2D eigenvalue weighted by atomic mass is 16.3. The molecule has 1 unspecified atom stereocenters. The molecule has 0 aliphatic rings. The standard InChI is InChI=1S/C12H10N2O/c1-9(15)6-7-10-8-13-11-4-2-3-5-12(11)14-10/h2-5,8-9,15H,1H3. The van der Waals surface area contributed by atoms with Gasteiger partial charge >= 0.3 is 0 Å². The lowest BCUT2D eigenvalue weighted by molar-refractivity contribution is 0.253. The lowest BCUT2D eigenvalue weighted by Crippen LogP contribution is -1.94. The largest absolute Gasteiger partial charge is 0.381 e. The molecule has 74 valence electrons. The fourth-order valence-electron chi connectivity index (χ4n) is 1.20. The monoisotopic (exact) mass is 198 g/mol. The second kappa shape index (κ2) is 4.07. The van der Waals surface area contributed by atoms with E-state index in [1.165, 1.54) is 0 Å². The predicted octanol–water partition coefficient (Wildman–Crippen LogP) is 1.36. The van der Waals surface area contributed by atoms with Crippen LogP contribution in [0.25, 0.3) is 11.0 Å². The summed E-state index contributed by atoms with van der Waals surface area (Å²) in [6.07, 6.45) is 0.968. The van der Waals surface area contributed by atoms with E-state index in [1.54, 1.807) is 13.1 Å². The van der Waals surface area contributed by atoms with E-state index in [-0.39, 0.29) is 0 Å². The zero-order chi connectivity index (χ0) is 10.7. The zero-order valence-corrected chi connectivity index (χ0v) is 8.31. The number of hydrogen-bond acceptors (Lipinski definition) is 3. The van der Waals surface area contributed by atoms with E-state index in [0.717, 1.165) is 11.0 Å². The van der Waals surface area contributed by atoms with Gasteiger partial charge in [0.15, 0.2) is 0 Å². The zero-order valence-electron chi connectivity index (χ0n) is 8.31. The molecule has 0 fully saturated rings. The predicted molar refractivity (Wildman–Crippen MR) is 58.1 cm³/mol. The van der Waals surface area contributed by atoms with E-state index in [9.17, 15) is 0 Å². The topological polar surface area (TPSA) is 46.0 Å². The highest BCUT2D eigenvalue weighted by molar-refractivity contribution is 5.74. The Morgan fingerprint density at radius 1 is 1.27 bits per heavy atom. The summed E-state index contributed by atoms with van der Waals surface area (Å²) in [5.74, 6) is 5.39. The van der Waals surface area contributed by atoms with Crippen molar-refractivity contribution in [2.24, 2.45) is 0 Å². The van der Waals surface area contributed by atoms with Crippen molar-refractivity contribution in [3.05, 3.63) is 36.2 Å². The van der Waals surface area contributed by atoms with Gasteiger partial charge in [0.05, 0.1) is 17.2 Å². The third-order valence-electron chi connectivity index (χ3n) is 1.86. The fourth-order valence-corrected chi connectivity index (χ4v) is 1.20. The minimum absolute atomic E-state index is 0.578. The summed E-state index contributed by atoms with van der Waals surface area (Å²) in [5.41, 5.74) is 2.24. The Morgan fingerprint density at radius 2 is 2.00 bits per heavy atom. The van der Waals surface area contributed by atoms with Crippen molar-refractivity contribution < 1.29 is 5.11 Å². The smallest absolute Gasteiger partial charge is 0.132 e. The van der Waals surface area contributed by atoms with E-state index in [0.29, 0.717) is 5.69 Å². The van der Waals surface area contributed by atoms with Gasteiger partial charge in [-0.3, -0.25) is 4.98 Å². The van der Waals surface area contributed by atoms with Crippen LogP contribution in [0.5, 0.6) is 0 Å². The second-order valence-corrected chi connectivity index (χ2v) is 3.19. The summed E-state index contributed by atoms with van der Waals surface area (Å²) < 4.78 is 0. The maximum absolute atomic E-state index is 9.01. The molecule has 2 rings (SSSR count). The molecular formula is C12H10N2O. The van der Waals surface area contributed by atoms with Crippen LogP contribution in [0.15, 0.2) is 30.5 Å². The van der Waals surface area contributed by atoms with E-state index < -0.39 is 6.10 Å². The molecule has 0 spiro atoms. The van der Waals surface area contributed by atoms with Gasteiger partial charge in [0.25, 0.3) is 0 Å². The summed E-state index contributed by atoms with van der Waals surface area (Å²) in [5, 5.41) is 9.01. The molecule has 2 aromatic rings. The second-order valence-electron chi connectivity index (χ2n) is 3.19.